The van der Waals surface area contributed by atoms with Gasteiger partial charge in [0.25, 0.3) is 0 Å². The van der Waals surface area contributed by atoms with E-state index in [1.807, 2.05) is 11.4 Å². The van der Waals surface area contributed by atoms with E-state index in [0.717, 1.165) is 10.6 Å². The first-order valence-corrected chi connectivity index (χ1v) is 8.98. The SMILES string of the molecule is Nc1cc(-c2nccs2)ccc1-c1cc(=O)c2cccc(CC(=O)O)c2o1. The fourth-order valence-electron chi connectivity index (χ4n) is 2.96. The predicted molar refractivity (Wildman–Crippen MR) is 105 cm³/mol. The van der Waals surface area contributed by atoms with Crippen LogP contribution in [0.4, 0.5) is 5.69 Å². The van der Waals surface area contributed by atoms with Gasteiger partial charge in [-0.2, -0.15) is 0 Å². The van der Waals surface area contributed by atoms with Crippen LogP contribution in [-0.4, -0.2) is 16.1 Å². The highest BCUT2D eigenvalue weighted by atomic mass is 32.1. The first-order valence-electron chi connectivity index (χ1n) is 8.10. The molecule has 7 heteroatoms. The zero-order valence-electron chi connectivity index (χ0n) is 14.0. The first kappa shape index (κ1) is 17.0. The zero-order chi connectivity index (χ0) is 19.0. The average molecular weight is 378 g/mol. The van der Waals surface area contributed by atoms with Gasteiger partial charge in [0.05, 0.1) is 11.8 Å². The molecule has 0 atom stereocenters. The van der Waals surface area contributed by atoms with Gasteiger partial charge in [-0.05, 0) is 18.2 Å². The highest BCUT2D eigenvalue weighted by molar-refractivity contribution is 7.13. The Hall–Kier alpha value is -3.45. The van der Waals surface area contributed by atoms with Gasteiger partial charge in [-0.3, -0.25) is 9.59 Å². The van der Waals surface area contributed by atoms with Crippen LogP contribution in [0.25, 0.3) is 32.9 Å². The Labute approximate surface area is 157 Å². The van der Waals surface area contributed by atoms with Crippen molar-refractivity contribution < 1.29 is 14.3 Å². The van der Waals surface area contributed by atoms with Crippen LogP contribution < -0.4 is 11.2 Å². The number of aliphatic carboxylic acids is 1. The molecule has 0 unspecified atom stereocenters. The summed E-state index contributed by atoms with van der Waals surface area (Å²) in [6, 6.07) is 11.7. The molecular formula is C20H14N2O4S. The average Bonchev–Trinajstić information content (AvgIpc) is 3.16. The molecule has 0 aliphatic carbocycles. The van der Waals surface area contributed by atoms with Gasteiger partial charge in [0, 0.05) is 40.0 Å². The Morgan fingerprint density at radius 3 is 2.78 bits per heavy atom. The molecule has 0 fully saturated rings. The minimum atomic E-state index is -0.997. The van der Waals surface area contributed by atoms with Gasteiger partial charge >= 0.3 is 5.97 Å². The number of hydrogen-bond donors (Lipinski definition) is 2. The van der Waals surface area contributed by atoms with Crippen molar-refractivity contribution in [2.75, 3.05) is 5.73 Å². The second-order valence-corrected chi connectivity index (χ2v) is 6.87. The van der Waals surface area contributed by atoms with Gasteiger partial charge in [-0.15, -0.1) is 11.3 Å². The maximum atomic E-state index is 12.5. The molecule has 0 aliphatic rings. The molecule has 2 heterocycles. The van der Waals surface area contributed by atoms with Crippen molar-refractivity contribution in [1.29, 1.82) is 0 Å². The normalized spacial score (nSPS) is 11.0. The zero-order valence-corrected chi connectivity index (χ0v) is 14.8. The maximum absolute atomic E-state index is 12.5. The summed E-state index contributed by atoms with van der Waals surface area (Å²) in [6.07, 6.45) is 1.48. The van der Waals surface area contributed by atoms with Crippen LogP contribution in [0.15, 0.2) is 63.3 Å². The summed E-state index contributed by atoms with van der Waals surface area (Å²) in [5, 5.41) is 12.2. The van der Waals surface area contributed by atoms with Crippen LogP contribution in [0.2, 0.25) is 0 Å². The lowest BCUT2D eigenvalue weighted by Crippen LogP contribution is -2.05. The van der Waals surface area contributed by atoms with Gasteiger partial charge in [-0.25, -0.2) is 4.98 Å². The Kier molecular flexibility index (Phi) is 4.21. The summed E-state index contributed by atoms with van der Waals surface area (Å²) < 4.78 is 5.92. The summed E-state index contributed by atoms with van der Waals surface area (Å²) >= 11 is 1.50. The lowest BCUT2D eigenvalue weighted by molar-refractivity contribution is -0.136. The number of nitrogens with two attached hydrogens (primary N) is 1. The number of hydrogen-bond acceptors (Lipinski definition) is 6. The number of aromatic nitrogens is 1. The molecule has 0 aliphatic heterocycles. The minimum Gasteiger partial charge on any atom is -0.481 e. The quantitative estimate of drug-likeness (QED) is 0.523. The molecule has 4 rings (SSSR count). The molecule has 0 spiro atoms. The van der Waals surface area contributed by atoms with Gasteiger partial charge in [-0.1, -0.05) is 18.2 Å². The van der Waals surface area contributed by atoms with Crippen molar-refractivity contribution in [3.63, 3.8) is 0 Å². The topological polar surface area (TPSA) is 106 Å². The van der Waals surface area contributed by atoms with Crippen LogP contribution in [-0.2, 0) is 11.2 Å². The van der Waals surface area contributed by atoms with E-state index in [1.165, 1.54) is 17.4 Å². The van der Waals surface area contributed by atoms with Crippen molar-refractivity contribution in [2.45, 2.75) is 6.42 Å². The lowest BCUT2D eigenvalue weighted by Gasteiger charge is -2.09. The number of para-hydroxylation sites is 1. The van der Waals surface area contributed by atoms with Gasteiger partial charge < -0.3 is 15.3 Å². The monoisotopic (exact) mass is 378 g/mol. The molecule has 3 N–H and O–H groups in total. The number of benzene rings is 2. The summed E-state index contributed by atoms with van der Waals surface area (Å²) in [4.78, 5) is 27.9. The molecule has 134 valence electrons. The van der Waals surface area contributed by atoms with Crippen molar-refractivity contribution in [1.82, 2.24) is 4.98 Å². The number of nitrogens with zero attached hydrogens (tertiary/aromatic N) is 1. The molecule has 6 nitrogen and oxygen atoms in total. The molecule has 0 saturated carbocycles. The molecule has 0 radical (unpaired) electrons. The number of carboxylic acid groups (broad SMARTS) is 1. The smallest absolute Gasteiger partial charge is 0.307 e. The van der Waals surface area contributed by atoms with Crippen LogP contribution in [0.5, 0.6) is 0 Å². The molecule has 2 aromatic heterocycles. The van der Waals surface area contributed by atoms with E-state index >= 15 is 0 Å². The van der Waals surface area contributed by atoms with E-state index in [1.54, 1.807) is 36.5 Å². The molecule has 27 heavy (non-hydrogen) atoms. The third-order valence-electron chi connectivity index (χ3n) is 4.17. The summed E-state index contributed by atoms with van der Waals surface area (Å²) in [5.41, 5.74) is 8.55. The van der Waals surface area contributed by atoms with Gasteiger partial charge in [0.1, 0.15) is 16.4 Å². The van der Waals surface area contributed by atoms with E-state index in [9.17, 15) is 9.59 Å². The Bertz CT molecular complexity index is 1210. The largest absolute Gasteiger partial charge is 0.481 e. The molecular weight excluding hydrogens is 364 g/mol. The van der Waals surface area contributed by atoms with Crippen LogP contribution in [0.1, 0.15) is 5.56 Å². The Morgan fingerprint density at radius 2 is 2.07 bits per heavy atom. The molecule has 2 aromatic carbocycles. The number of carboxylic acids is 1. The highest BCUT2D eigenvalue weighted by Gasteiger charge is 2.14. The Balaban J connectivity index is 1.87. The minimum absolute atomic E-state index is 0.234. The Morgan fingerprint density at radius 1 is 1.22 bits per heavy atom. The standard InChI is InChI=1S/C20H14N2O4S/c21-15-8-12(20-22-6-7-27-20)4-5-13(15)17-10-16(23)14-3-1-2-11(9-18(24)25)19(14)26-17/h1-8,10H,9,21H2,(H,24,25). The van der Waals surface area contributed by atoms with Gasteiger partial charge in [0.15, 0.2) is 5.43 Å². The molecule has 0 bridgehead atoms. The first-order chi connectivity index (χ1) is 13.0. The summed E-state index contributed by atoms with van der Waals surface area (Å²) in [7, 11) is 0. The number of fused-ring (bicyclic) bond motifs is 1. The summed E-state index contributed by atoms with van der Waals surface area (Å²) in [5.74, 6) is -0.698. The lowest BCUT2D eigenvalue weighted by atomic mass is 10.0. The number of rotatable bonds is 4. The van der Waals surface area contributed by atoms with E-state index in [-0.39, 0.29) is 17.4 Å². The second-order valence-electron chi connectivity index (χ2n) is 5.98. The third-order valence-corrected chi connectivity index (χ3v) is 5.00. The number of carbonyl (C=O) groups is 1. The van der Waals surface area contributed by atoms with E-state index < -0.39 is 5.97 Å². The second kappa shape index (κ2) is 6.69. The van der Waals surface area contributed by atoms with Crippen molar-refractivity contribution in [2.24, 2.45) is 0 Å². The van der Waals surface area contributed by atoms with Crippen LogP contribution in [0, 0.1) is 0 Å². The third kappa shape index (κ3) is 3.20. The molecule has 0 amide bonds. The van der Waals surface area contributed by atoms with Crippen LogP contribution in [0.3, 0.4) is 0 Å². The molecule has 4 aromatic rings. The van der Waals surface area contributed by atoms with Gasteiger partial charge in [0.2, 0.25) is 0 Å². The van der Waals surface area contributed by atoms with Crippen molar-refractivity contribution >= 4 is 34.0 Å². The summed E-state index contributed by atoms with van der Waals surface area (Å²) in [6.45, 7) is 0. The fourth-order valence-corrected chi connectivity index (χ4v) is 3.59. The van der Waals surface area contributed by atoms with Crippen LogP contribution >= 0.6 is 11.3 Å². The van der Waals surface area contributed by atoms with Crippen molar-refractivity contribution in [3.8, 4) is 21.9 Å². The van der Waals surface area contributed by atoms with E-state index in [4.69, 9.17) is 15.3 Å². The predicted octanol–water partition coefficient (Wildman–Crippen LogP) is 3.79. The number of anilines is 1. The molecule has 0 saturated heterocycles. The highest BCUT2D eigenvalue weighted by Crippen LogP contribution is 2.32. The fraction of sp³-hybridized carbons (Fsp3) is 0.0500. The number of thiazole rings is 1. The van der Waals surface area contributed by atoms with E-state index in [2.05, 4.69) is 4.98 Å². The van der Waals surface area contributed by atoms with Crippen molar-refractivity contribution in [3.05, 3.63) is 69.8 Å². The van der Waals surface area contributed by atoms with E-state index in [0.29, 0.717) is 28.0 Å². The maximum Gasteiger partial charge on any atom is 0.307 e. The number of nitrogen functional groups attached to an aromatic ring is 1.